The molecule has 1 heterocycles. The van der Waals surface area contributed by atoms with Gasteiger partial charge in [-0.2, -0.15) is 5.26 Å². The lowest BCUT2D eigenvalue weighted by atomic mass is 10.0. The van der Waals surface area contributed by atoms with Gasteiger partial charge in [0.2, 0.25) is 0 Å². The molecule has 0 saturated carbocycles. The Morgan fingerprint density at radius 3 is 3.00 bits per heavy atom. The summed E-state index contributed by atoms with van der Waals surface area (Å²) in [6.07, 6.45) is 0.883. The minimum Gasteiger partial charge on any atom is -0.487 e. The van der Waals surface area contributed by atoms with Crippen molar-refractivity contribution in [1.29, 1.82) is 5.26 Å². The van der Waals surface area contributed by atoms with Crippen molar-refractivity contribution >= 4 is 0 Å². The second kappa shape index (κ2) is 5.50. The molecule has 1 N–H and O–H groups in total. The molecule has 0 aliphatic carbocycles. The largest absolute Gasteiger partial charge is 0.487 e. The number of nitrogens with zero attached hydrogens (tertiary/aromatic N) is 1. The first-order chi connectivity index (χ1) is 9.05. The Balaban J connectivity index is 2.07. The molecule has 2 rings (SSSR count). The highest BCUT2D eigenvalue weighted by Crippen LogP contribution is 2.41. The van der Waals surface area contributed by atoms with E-state index in [9.17, 15) is 0 Å². The van der Waals surface area contributed by atoms with Crippen molar-refractivity contribution in [2.24, 2.45) is 0 Å². The molecule has 0 spiro atoms. The van der Waals surface area contributed by atoms with E-state index in [0.29, 0.717) is 6.61 Å². The fourth-order valence-corrected chi connectivity index (χ4v) is 2.26. The first kappa shape index (κ1) is 13.7. The highest BCUT2D eigenvalue weighted by molar-refractivity contribution is 5.50. The summed E-state index contributed by atoms with van der Waals surface area (Å²) < 4.78 is 11.7. The molecular formula is C15H20N2O2. The lowest BCUT2D eigenvalue weighted by molar-refractivity contribution is 0.131. The van der Waals surface area contributed by atoms with Crippen molar-refractivity contribution in [2.75, 3.05) is 13.2 Å². The Morgan fingerprint density at radius 2 is 2.32 bits per heavy atom. The van der Waals surface area contributed by atoms with Gasteiger partial charge in [0, 0.05) is 12.0 Å². The summed E-state index contributed by atoms with van der Waals surface area (Å²) in [4.78, 5) is 0. The van der Waals surface area contributed by atoms with Gasteiger partial charge in [-0.05, 0) is 26.5 Å². The van der Waals surface area contributed by atoms with E-state index in [1.807, 2.05) is 19.1 Å². The number of nitrogens with one attached hydrogen (secondary N) is 1. The Kier molecular flexibility index (Phi) is 3.96. The van der Waals surface area contributed by atoms with Crippen molar-refractivity contribution in [3.8, 4) is 17.6 Å². The van der Waals surface area contributed by atoms with Crippen LogP contribution in [0.15, 0.2) is 18.2 Å². The molecule has 0 fully saturated rings. The summed E-state index contributed by atoms with van der Waals surface area (Å²) in [5.74, 6) is 1.54. The van der Waals surface area contributed by atoms with Crippen molar-refractivity contribution < 1.29 is 9.47 Å². The van der Waals surface area contributed by atoms with Crippen LogP contribution in [0.1, 0.15) is 26.3 Å². The third-order valence-corrected chi connectivity index (χ3v) is 3.07. The van der Waals surface area contributed by atoms with E-state index in [0.717, 1.165) is 24.5 Å². The third-order valence-electron chi connectivity index (χ3n) is 3.07. The highest BCUT2D eigenvalue weighted by atomic mass is 16.5. The summed E-state index contributed by atoms with van der Waals surface area (Å²) in [5, 5.41) is 12.0. The van der Waals surface area contributed by atoms with E-state index in [1.54, 1.807) is 0 Å². The second-order valence-corrected chi connectivity index (χ2v) is 5.33. The van der Waals surface area contributed by atoms with Gasteiger partial charge in [0.05, 0.1) is 6.07 Å². The van der Waals surface area contributed by atoms with Crippen LogP contribution in [0.3, 0.4) is 0 Å². The average Bonchev–Trinajstić information content (AvgIpc) is 2.68. The van der Waals surface area contributed by atoms with Gasteiger partial charge in [0.1, 0.15) is 18.2 Å². The molecule has 102 valence electrons. The van der Waals surface area contributed by atoms with Crippen LogP contribution in [0.4, 0.5) is 0 Å². The van der Waals surface area contributed by atoms with Gasteiger partial charge in [-0.25, -0.2) is 0 Å². The van der Waals surface area contributed by atoms with Gasteiger partial charge in [0.25, 0.3) is 0 Å². The smallest absolute Gasteiger partial charge is 0.165 e. The van der Waals surface area contributed by atoms with Gasteiger partial charge in [-0.1, -0.05) is 19.1 Å². The number of hydrogen-bond donors (Lipinski definition) is 1. The van der Waals surface area contributed by atoms with Crippen LogP contribution < -0.4 is 14.8 Å². The van der Waals surface area contributed by atoms with E-state index in [2.05, 4.69) is 31.3 Å². The van der Waals surface area contributed by atoms with Crippen LogP contribution in [-0.2, 0) is 6.42 Å². The lowest BCUT2D eigenvalue weighted by Crippen LogP contribution is -2.33. The number of nitriles is 1. The monoisotopic (exact) mass is 260 g/mol. The fraction of sp³-hybridized carbons (Fsp3) is 0.533. The second-order valence-electron chi connectivity index (χ2n) is 5.33. The molecule has 1 unspecified atom stereocenters. The molecule has 4 heteroatoms. The van der Waals surface area contributed by atoms with E-state index in [-0.39, 0.29) is 11.6 Å². The third kappa shape index (κ3) is 3.18. The number of hydrogen-bond acceptors (Lipinski definition) is 4. The fourth-order valence-electron chi connectivity index (χ4n) is 2.26. The molecule has 1 aliphatic heterocycles. The average molecular weight is 260 g/mol. The zero-order valence-corrected chi connectivity index (χ0v) is 11.7. The quantitative estimate of drug-likeness (QED) is 0.882. The van der Waals surface area contributed by atoms with Crippen LogP contribution in [0.5, 0.6) is 11.5 Å². The Bertz CT molecular complexity index is 491. The van der Waals surface area contributed by atoms with Crippen molar-refractivity contribution in [3.05, 3.63) is 23.8 Å². The molecule has 0 aromatic heterocycles. The number of para-hydroxylation sites is 1. The van der Waals surface area contributed by atoms with Crippen LogP contribution >= 0.6 is 0 Å². The predicted octanol–water partition coefficient (Wildman–Crippen LogP) is 2.28. The zero-order chi connectivity index (χ0) is 13.9. The van der Waals surface area contributed by atoms with Crippen LogP contribution in [0.2, 0.25) is 0 Å². The van der Waals surface area contributed by atoms with Gasteiger partial charge in [-0.15, -0.1) is 0 Å². The summed E-state index contributed by atoms with van der Waals surface area (Å²) >= 11 is 0. The first-order valence-corrected chi connectivity index (χ1v) is 6.62. The first-order valence-electron chi connectivity index (χ1n) is 6.62. The van der Waals surface area contributed by atoms with Gasteiger partial charge < -0.3 is 9.47 Å². The van der Waals surface area contributed by atoms with E-state index < -0.39 is 0 Å². The molecule has 0 radical (unpaired) electrons. The SMILES string of the molecule is CCNC(C#N)COc1cccc2c1OC(C)(C)C2. The number of likely N-dealkylation sites (N-methyl/N-ethyl adjacent to an activating group) is 1. The Morgan fingerprint density at radius 1 is 1.53 bits per heavy atom. The van der Waals surface area contributed by atoms with Crippen LogP contribution in [-0.4, -0.2) is 24.8 Å². The van der Waals surface area contributed by atoms with Crippen LogP contribution in [0, 0.1) is 11.3 Å². The maximum Gasteiger partial charge on any atom is 0.165 e. The molecule has 1 aromatic carbocycles. The molecule has 0 bridgehead atoms. The summed E-state index contributed by atoms with van der Waals surface area (Å²) in [7, 11) is 0. The standard InChI is InChI=1S/C15H20N2O2/c1-4-17-12(9-16)10-18-13-7-5-6-11-8-15(2,3)19-14(11)13/h5-7,12,17H,4,8,10H2,1-3H3. The van der Waals surface area contributed by atoms with E-state index in [1.165, 1.54) is 5.56 Å². The number of benzene rings is 1. The Labute approximate surface area is 114 Å². The topological polar surface area (TPSA) is 54.3 Å². The van der Waals surface area contributed by atoms with Gasteiger partial charge in [0.15, 0.2) is 11.5 Å². The maximum atomic E-state index is 8.99. The molecule has 1 atom stereocenters. The molecule has 19 heavy (non-hydrogen) atoms. The minimum atomic E-state index is -0.296. The molecule has 0 amide bonds. The van der Waals surface area contributed by atoms with Gasteiger partial charge >= 0.3 is 0 Å². The zero-order valence-electron chi connectivity index (χ0n) is 11.7. The summed E-state index contributed by atoms with van der Waals surface area (Å²) in [6, 6.07) is 7.80. The number of ether oxygens (including phenoxy) is 2. The van der Waals surface area contributed by atoms with Gasteiger partial charge in [-0.3, -0.25) is 5.32 Å². The number of rotatable bonds is 5. The molecule has 4 nitrogen and oxygen atoms in total. The molecular weight excluding hydrogens is 240 g/mol. The Hall–Kier alpha value is -1.73. The summed E-state index contributed by atoms with van der Waals surface area (Å²) in [5.41, 5.74) is 0.984. The predicted molar refractivity (Wildman–Crippen MR) is 73.4 cm³/mol. The molecule has 1 aromatic rings. The maximum absolute atomic E-state index is 8.99. The minimum absolute atomic E-state index is 0.182. The normalized spacial score (nSPS) is 17.2. The van der Waals surface area contributed by atoms with Crippen molar-refractivity contribution in [3.63, 3.8) is 0 Å². The van der Waals surface area contributed by atoms with E-state index >= 15 is 0 Å². The summed E-state index contributed by atoms with van der Waals surface area (Å²) in [6.45, 7) is 7.17. The highest BCUT2D eigenvalue weighted by Gasteiger charge is 2.32. The number of fused-ring (bicyclic) bond motifs is 1. The molecule has 1 aliphatic rings. The van der Waals surface area contributed by atoms with Crippen molar-refractivity contribution in [1.82, 2.24) is 5.32 Å². The van der Waals surface area contributed by atoms with Crippen LogP contribution in [0.25, 0.3) is 0 Å². The van der Waals surface area contributed by atoms with E-state index in [4.69, 9.17) is 14.7 Å². The lowest BCUT2D eigenvalue weighted by Gasteiger charge is -2.18. The van der Waals surface area contributed by atoms with Crippen molar-refractivity contribution in [2.45, 2.75) is 38.8 Å². The molecule has 0 saturated heterocycles.